The van der Waals surface area contributed by atoms with Crippen molar-refractivity contribution in [2.24, 2.45) is 5.73 Å². The van der Waals surface area contributed by atoms with Crippen molar-refractivity contribution in [3.05, 3.63) is 76.9 Å². The molecule has 0 aliphatic heterocycles. The molecule has 3 aromatic rings. The van der Waals surface area contributed by atoms with Crippen molar-refractivity contribution < 1.29 is 29.9 Å². The first kappa shape index (κ1) is 40.7. The van der Waals surface area contributed by atoms with E-state index in [1.807, 2.05) is 38.5 Å². The summed E-state index contributed by atoms with van der Waals surface area (Å²) in [6, 6.07) is 20.4. The van der Waals surface area contributed by atoms with Crippen molar-refractivity contribution >= 4 is 13.2 Å². The molecule has 0 atom stereocenters. The van der Waals surface area contributed by atoms with Gasteiger partial charge in [-0.25, -0.2) is 0 Å². The van der Waals surface area contributed by atoms with E-state index in [-0.39, 0.29) is 20.4 Å². The Balaban J connectivity index is 0.000000541. The Morgan fingerprint density at radius 1 is 0.708 bits per heavy atom. The second-order valence-corrected chi connectivity index (χ2v) is 17.9. The molecule has 2 N–H and O–H groups in total. The summed E-state index contributed by atoms with van der Waals surface area (Å²) in [7, 11) is 2.88. The van der Waals surface area contributed by atoms with Crippen molar-refractivity contribution in [3.63, 3.8) is 0 Å². The first-order chi connectivity index (χ1) is 22.7. The molecular weight excluding hydrogens is 700 g/mol. The zero-order valence-corrected chi connectivity index (χ0v) is 33.8. The van der Waals surface area contributed by atoms with Gasteiger partial charge in [-0.1, -0.05) is 66.5 Å². The van der Waals surface area contributed by atoms with Crippen molar-refractivity contribution in [1.82, 2.24) is 0 Å². The van der Waals surface area contributed by atoms with Crippen LogP contribution in [0.15, 0.2) is 48.5 Å². The number of hydrogen-bond acceptors (Lipinski definition) is 3. The van der Waals surface area contributed by atoms with Gasteiger partial charge < -0.3 is 15.2 Å². The van der Waals surface area contributed by atoms with E-state index in [0.717, 1.165) is 29.2 Å². The second-order valence-electron chi connectivity index (χ2n) is 14.8. The van der Waals surface area contributed by atoms with Gasteiger partial charge in [0.25, 0.3) is 0 Å². The molecule has 5 rings (SSSR count). The zero-order chi connectivity index (χ0) is 33.9. The smallest absolute Gasteiger partial charge is 0.496 e. The van der Waals surface area contributed by atoms with Gasteiger partial charge in [0.2, 0.25) is 0 Å². The standard InChI is InChI=1S/C35H53O2P.C8H10N.Pd/c1-23(2)26-21-29(24(3)4)33(30(22-26)25(5)6)34-31(36-7)19-20-32(37-8)35(34)38(27-15-11-9-12-16-27)28-17-13-10-14-18-28;9-7-6-8-4-2-1-3-5-8;/h19-25,27-28H,9-18H2,1-8H3;1-4H,6-7,9H2;/q;-1;+2/p+1. The molecule has 2 aliphatic rings. The Bertz CT molecular complexity index is 1330. The van der Waals surface area contributed by atoms with Crippen LogP contribution in [0.3, 0.4) is 0 Å². The summed E-state index contributed by atoms with van der Waals surface area (Å²) >= 11 is 0. The third-order valence-corrected chi connectivity index (χ3v) is 14.5. The number of nitrogens with two attached hydrogens (primary N) is 1. The van der Waals surface area contributed by atoms with Crippen LogP contribution in [0.5, 0.6) is 11.5 Å². The fraction of sp³-hybridized carbons (Fsp3) is 0.581. The fourth-order valence-corrected chi connectivity index (χ4v) is 12.5. The van der Waals surface area contributed by atoms with Crippen LogP contribution in [0.4, 0.5) is 0 Å². The molecule has 48 heavy (non-hydrogen) atoms. The number of benzene rings is 3. The number of ether oxygens (including phenoxy) is 2. The Hall–Kier alpha value is -1.69. The molecule has 2 aliphatic carbocycles. The summed E-state index contributed by atoms with van der Waals surface area (Å²) < 4.78 is 12.6. The number of methoxy groups -OCH3 is 2. The van der Waals surface area contributed by atoms with Crippen LogP contribution >= 0.6 is 7.92 Å². The first-order valence-electron chi connectivity index (χ1n) is 18.7. The van der Waals surface area contributed by atoms with Crippen molar-refractivity contribution in [2.75, 3.05) is 20.8 Å². The van der Waals surface area contributed by atoms with Crippen LogP contribution in [0.25, 0.3) is 11.1 Å². The number of rotatable bonds is 11. The molecule has 0 amide bonds. The second kappa shape index (κ2) is 20.2. The Labute approximate surface area is 309 Å². The van der Waals surface area contributed by atoms with E-state index in [4.69, 9.17) is 15.2 Å². The molecule has 2 fully saturated rings. The molecule has 0 heterocycles. The average molecular weight is 764 g/mol. The van der Waals surface area contributed by atoms with E-state index in [1.54, 1.807) is 5.30 Å². The summed E-state index contributed by atoms with van der Waals surface area (Å²) in [5.74, 6) is 3.53. The van der Waals surface area contributed by atoms with E-state index in [0.29, 0.717) is 24.3 Å². The fourth-order valence-electron chi connectivity index (χ4n) is 7.99. The summed E-state index contributed by atoms with van der Waals surface area (Å²) in [4.78, 5) is 0. The van der Waals surface area contributed by atoms with E-state index in [1.165, 1.54) is 97.6 Å². The summed E-state index contributed by atoms with van der Waals surface area (Å²) in [6.45, 7) is 14.8. The molecule has 0 saturated heterocycles. The summed E-state index contributed by atoms with van der Waals surface area (Å²) in [5.41, 5.74) is 15.4. The Kier molecular flexibility index (Phi) is 17.2. The van der Waals surface area contributed by atoms with Gasteiger partial charge in [0.1, 0.15) is 11.1 Å². The van der Waals surface area contributed by atoms with Gasteiger partial charge in [-0.15, -0.1) is 0 Å². The molecule has 0 spiro atoms. The van der Waals surface area contributed by atoms with E-state index >= 15 is 0 Å². The average Bonchev–Trinajstić information content (AvgIpc) is 3.09. The molecule has 2 saturated carbocycles. The van der Waals surface area contributed by atoms with Gasteiger partial charge in [-0.3, -0.25) is 0 Å². The Morgan fingerprint density at radius 3 is 1.65 bits per heavy atom. The summed E-state index contributed by atoms with van der Waals surface area (Å²) in [5, 5.41) is 1.55. The minimum atomic E-state index is -0.889. The third-order valence-electron chi connectivity index (χ3n) is 10.5. The van der Waals surface area contributed by atoms with Crippen LogP contribution in [-0.4, -0.2) is 32.1 Å². The topological polar surface area (TPSA) is 44.5 Å². The normalized spacial score (nSPS) is 15.8. The molecule has 266 valence electrons. The van der Waals surface area contributed by atoms with Gasteiger partial charge in [-0.05, 0) is 116 Å². The van der Waals surface area contributed by atoms with Crippen LogP contribution in [0.2, 0.25) is 0 Å². The molecule has 5 heteroatoms. The van der Waals surface area contributed by atoms with Crippen molar-refractivity contribution in [1.29, 1.82) is 0 Å². The SMILES string of the molecule is COc1ccc(OC)c([PH+](C2CCCCC2)C2CCCCC2)c1-c1c(C(C)C)cc(C(C)C)cc1C(C)C.NCCc1[c-]cccc1.[Pd+2]. The maximum Gasteiger partial charge on any atom is 2.00 e. The van der Waals surface area contributed by atoms with E-state index in [9.17, 15) is 0 Å². The molecular formula is C43H64NO2PPd+2. The van der Waals surface area contributed by atoms with E-state index in [2.05, 4.69) is 71.9 Å². The van der Waals surface area contributed by atoms with E-state index < -0.39 is 7.92 Å². The minimum absolute atomic E-state index is 0. The first-order valence-corrected chi connectivity index (χ1v) is 20.3. The predicted molar refractivity (Wildman–Crippen MR) is 207 cm³/mol. The summed E-state index contributed by atoms with van der Waals surface area (Å²) in [6.07, 6.45) is 14.9. The third kappa shape index (κ3) is 10.2. The quantitative estimate of drug-likeness (QED) is 0.120. The van der Waals surface area contributed by atoms with Crippen LogP contribution < -0.4 is 20.5 Å². The Morgan fingerprint density at radius 2 is 1.23 bits per heavy atom. The van der Waals surface area contributed by atoms with Gasteiger partial charge in [0.15, 0.2) is 5.75 Å². The molecule has 0 aromatic heterocycles. The van der Waals surface area contributed by atoms with Gasteiger partial charge in [0.05, 0.1) is 31.1 Å². The van der Waals surface area contributed by atoms with Crippen LogP contribution in [0.1, 0.15) is 146 Å². The molecule has 0 unspecified atom stereocenters. The van der Waals surface area contributed by atoms with Gasteiger partial charge >= 0.3 is 20.4 Å². The molecule has 3 nitrogen and oxygen atoms in total. The molecule has 0 bridgehead atoms. The van der Waals surface area contributed by atoms with Crippen molar-refractivity contribution in [3.8, 4) is 22.6 Å². The monoisotopic (exact) mass is 763 g/mol. The predicted octanol–water partition coefficient (Wildman–Crippen LogP) is 11.2. The van der Waals surface area contributed by atoms with Gasteiger partial charge in [-0.2, -0.15) is 35.9 Å². The molecule has 0 radical (unpaired) electrons. The van der Waals surface area contributed by atoms with Crippen LogP contribution in [-0.2, 0) is 26.8 Å². The maximum absolute atomic E-state index is 6.30. The number of hydrogen-bond donors (Lipinski definition) is 1. The van der Waals surface area contributed by atoms with Crippen molar-refractivity contribution in [2.45, 2.75) is 141 Å². The van der Waals surface area contributed by atoms with Crippen LogP contribution in [0, 0.1) is 6.07 Å². The minimum Gasteiger partial charge on any atom is -0.496 e. The largest absolute Gasteiger partial charge is 2.00 e. The van der Waals surface area contributed by atoms with Gasteiger partial charge in [0, 0.05) is 7.92 Å². The zero-order valence-electron chi connectivity index (χ0n) is 31.2. The molecule has 3 aromatic carbocycles. The maximum atomic E-state index is 6.30.